The molecule has 4 heteroatoms. The Hall–Kier alpha value is -2.36. The Bertz CT molecular complexity index is 753. The van der Waals surface area contributed by atoms with E-state index in [-0.39, 0.29) is 5.82 Å². The first-order valence-corrected chi connectivity index (χ1v) is 8.19. The van der Waals surface area contributed by atoms with Crippen molar-refractivity contribution in [3.63, 3.8) is 0 Å². The molecule has 0 spiro atoms. The second-order valence-electron chi connectivity index (χ2n) is 6.26. The number of aryl methyl sites for hydroxylation is 3. The highest BCUT2D eigenvalue weighted by atomic mass is 19.1. The monoisotopic (exact) mass is 327 g/mol. The standard InChI is InChI=1S/C20H26FN3/c1-7-23(5)13-22-18-11-16(4)19(12-15(18)3)24(6)20-10-14(2)8-9-17(20)21/h8-13H,7H2,1-6H3. The van der Waals surface area contributed by atoms with E-state index in [1.165, 1.54) is 6.07 Å². The van der Waals surface area contributed by atoms with Gasteiger partial charge in [0.1, 0.15) is 5.82 Å². The largest absolute Gasteiger partial charge is 0.366 e. The summed E-state index contributed by atoms with van der Waals surface area (Å²) >= 11 is 0. The molecule has 2 aromatic rings. The van der Waals surface area contributed by atoms with Crippen LogP contribution in [0.25, 0.3) is 0 Å². The van der Waals surface area contributed by atoms with Crippen LogP contribution in [0.2, 0.25) is 0 Å². The van der Waals surface area contributed by atoms with Gasteiger partial charge in [-0.25, -0.2) is 9.38 Å². The summed E-state index contributed by atoms with van der Waals surface area (Å²) in [6.45, 7) is 9.02. The van der Waals surface area contributed by atoms with Crippen molar-refractivity contribution in [2.45, 2.75) is 27.7 Å². The molecule has 0 aliphatic heterocycles. The van der Waals surface area contributed by atoms with E-state index in [4.69, 9.17) is 0 Å². The van der Waals surface area contributed by atoms with Crippen LogP contribution in [0.5, 0.6) is 0 Å². The van der Waals surface area contributed by atoms with E-state index in [2.05, 4.69) is 24.0 Å². The average Bonchev–Trinajstić information content (AvgIpc) is 2.56. The van der Waals surface area contributed by atoms with Crippen LogP contribution in [0.4, 0.5) is 21.5 Å². The molecule has 24 heavy (non-hydrogen) atoms. The van der Waals surface area contributed by atoms with Crippen molar-refractivity contribution in [3.05, 3.63) is 52.8 Å². The van der Waals surface area contributed by atoms with Gasteiger partial charge in [-0.15, -0.1) is 0 Å². The zero-order chi connectivity index (χ0) is 17.9. The lowest BCUT2D eigenvalue weighted by Crippen LogP contribution is -2.14. The molecule has 0 heterocycles. The van der Waals surface area contributed by atoms with Crippen LogP contribution >= 0.6 is 0 Å². The van der Waals surface area contributed by atoms with Gasteiger partial charge in [-0.1, -0.05) is 6.07 Å². The van der Waals surface area contributed by atoms with Crippen LogP contribution in [-0.4, -0.2) is 31.9 Å². The van der Waals surface area contributed by atoms with Crippen molar-refractivity contribution in [3.8, 4) is 0 Å². The van der Waals surface area contributed by atoms with Gasteiger partial charge in [-0.05, 0) is 68.7 Å². The number of nitrogens with zero attached hydrogens (tertiary/aromatic N) is 3. The third-order valence-electron chi connectivity index (χ3n) is 4.23. The molecule has 0 aliphatic rings. The van der Waals surface area contributed by atoms with Crippen molar-refractivity contribution in [1.29, 1.82) is 0 Å². The van der Waals surface area contributed by atoms with Crippen LogP contribution in [-0.2, 0) is 0 Å². The second-order valence-corrected chi connectivity index (χ2v) is 6.26. The van der Waals surface area contributed by atoms with Crippen molar-refractivity contribution < 1.29 is 4.39 Å². The molecule has 2 rings (SSSR count). The molecule has 0 fully saturated rings. The number of benzene rings is 2. The molecular formula is C20H26FN3. The predicted octanol–water partition coefficient (Wildman–Crippen LogP) is 5.13. The van der Waals surface area contributed by atoms with Gasteiger partial charge in [0.2, 0.25) is 0 Å². The zero-order valence-electron chi connectivity index (χ0n) is 15.4. The van der Waals surface area contributed by atoms with E-state index in [1.807, 2.05) is 57.1 Å². The Balaban J connectivity index is 2.40. The van der Waals surface area contributed by atoms with Crippen molar-refractivity contribution >= 4 is 23.4 Å². The quantitative estimate of drug-likeness (QED) is 0.560. The smallest absolute Gasteiger partial charge is 0.146 e. The number of halogens is 1. The molecule has 0 unspecified atom stereocenters. The summed E-state index contributed by atoms with van der Waals surface area (Å²) in [4.78, 5) is 8.47. The first-order valence-electron chi connectivity index (χ1n) is 8.19. The minimum Gasteiger partial charge on any atom is -0.366 e. The molecule has 0 radical (unpaired) electrons. The maximum Gasteiger partial charge on any atom is 0.146 e. The molecule has 128 valence electrons. The number of rotatable bonds is 5. The summed E-state index contributed by atoms with van der Waals surface area (Å²) < 4.78 is 14.2. The van der Waals surface area contributed by atoms with Gasteiger partial charge in [0, 0.05) is 26.3 Å². The third-order valence-corrected chi connectivity index (χ3v) is 4.23. The molecule has 0 aliphatic carbocycles. The molecule has 0 aromatic heterocycles. The Morgan fingerprint density at radius 1 is 1.00 bits per heavy atom. The van der Waals surface area contributed by atoms with Gasteiger partial charge in [0.25, 0.3) is 0 Å². The summed E-state index contributed by atoms with van der Waals surface area (Å²) in [5.74, 6) is -0.216. The van der Waals surface area contributed by atoms with E-state index in [9.17, 15) is 4.39 Å². The third kappa shape index (κ3) is 3.94. The van der Waals surface area contributed by atoms with Gasteiger partial charge >= 0.3 is 0 Å². The maximum absolute atomic E-state index is 14.2. The summed E-state index contributed by atoms with van der Waals surface area (Å²) in [5, 5.41) is 0. The van der Waals surface area contributed by atoms with Gasteiger partial charge < -0.3 is 9.80 Å². The lowest BCUT2D eigenvalue weighted by molar-refractivity contribution is 0.552. The van der Waals surface area contributed by atoms with Crippen molar-refractivity contribution in [1.82, 2.24) is 4.90 Å². The molecule has 0 bridgehead atoms. The first kappa shape index (κ1) is 18.0. The maximum atomic E-state index is 14.2. The highest BCUT2D eigenvalue weighted by molar-refractivity contribution is 5.72. The minimum absolute atomic E-state index is 0.216. The van der Waals surface area contributed by atoms with Crippen LogP contribution in [0.15, 0.2) is 35.3 Å². The summed E-state index contributed by atoms with van der Waals surface area (Å²) in [5.41, 5.74) is 5.68. The number of aliphatic imine (C=N–C) groups is 1. The zero-order valence-corrected chi connectivity index (χ0v) is 15.4. The lowest BCUT2D eigenvalue weighted by Gasteiger charge is -2.23. The molecule has 2 aromatic carbocycles. The highest BCUT2D eigenvalue weighted by Crippen LogP contribution is 2.33. The van der Waals surface area contributed by atoms with Crippen LogP contribution in [0.1, 0.15) is 23.6 Å². The van der Waals surface area contributed by atoms with E-state index in [1.54, 1.807) is 6.07 Å². The summed E-state index contributed by atoms with van der Waals surface area (Å²) in [7, 11) is 3.89. The van der Waals surface area contributed by atoms with E-state index in [0.29, 0.717) is 5.69 Å². The first-order chi connectivity index (χ1) is 11.3. The van der Waals surface area contributed by atoms with Crippen LogP contribution < -0.4 is 4.90 Å². The molecule has 0 saturated heterocycles. The van der Waals surface area contributed by atoms with Gasteiger partial charge in [0.05, 0.1) is 17.7 Å². The fourth-order valence-corrected chi connectivity index (χ4v) is 2.54. The van der Waals surface area contributed by atoms with Gasteiger partial charge in [0.15, 0.2) is 0 Å². The second kappa shape index (κ2) is 7.47. The summed E-state index contributed by atoms with van der Waals surface area (Å²) in [6, 6.07) is 9.28. The van der Waals surface area contributed by atoms with Crippen LogP contribution in [0, 0.1) is 26.6 Å². The van der Waals surface area contributed by atoms with Crippen molar-refractivity contribution in [2.75, 3.05) is 25.5 Å². The number of hydrogen-bond donors (Lipinski definition) is 0. The fourth-order valence-electron chi connectivity index (χ4n) is 2.54. The van der Waals surface area contributed by atoms with Gasteiger partial charge in [-0.2, -0.15) is 0 Å². The van der Waals surface area contributed by atoms with E-state index in [0.717, 1.165) is 34.6 Å². The average molecular weight is 327 g/mol. The highest BCUT2D eigenvalue weighted by Gasteiger charge is 2.13. The predicted molar refractivity (Wildman–Crippen MR) is 102 cm³/mol. The van der Waals surface area contributed by atoms with E-state index < -0.39 is 0 Å². The van der Waals surface area contributed by atoms with Crippen LogP contribution in [0.3, 0.4) is 0 Å². The Morgan fingerprint density at radius 3 is 2.38 bits per heavy atom. The Morgan fingerprint density at radius 2 is 1.71 bits per heavy atom. The topological polar surface area (TPSA) is 18.8 Å². The number of anilines is 2. The Kier molecular flexibility index (Phi) is 5.60. The van der Waals surface area contributed by atoms with E-state index >= 15 is 0 Å². The molecule has 0 saturated carbocycles. The SMILES string of the molecule is CCN(C)C=Nc1cc(C)c(N(C)c2cc(C)ccc2F)cc1C. The molecule has 0 N–H and O–H groups in total. The summed E-state index contributed by atoms with van der Waals surface area (Å²) in [6.07, 6.45) is 1.84. The van der Waals surface area contributed by atoms with Gasteiger partial charge in [-0.3, -0.25) is 0 Å². The molecule has 3 nitrogen and oxygen atoms in total. The normalized spacial score (nSPS) is 11.1. The minimum atomic E-state index is -0.216. The molecular weight excluding hydrogens is 301 g/mol. The van der Waals surface area contributed by atoms with Crippen molar-refractivity contribution in [2.24, 2.45) is 4.99 Å². The number of hydrogen-bond acceptors (Lipinski definition) is 2. The lowest BCUT2D eigenvalue weighted by atomic mass is 10.1. The molecule has 0 atom stereocenters. The fraction of sp³-hybridized carbons (Fsp3) is 0.350. The molecule has 0 amide bonds. The Labute approximate surface area is 144 Å².